The Morgan fingerprint density at radius 1 is 1.38 bits per heavy atom. The van der Waals surface area contributed by atoms with Crippen LogP contribution in [0, 0.1) is 11.8 Å². The third-order valence-electron chi connectivity index (χ3n) is 3.65. The van der Waals surface area contributed by atoms with Crippen LogP contribution in [0.5, 0.6) is 0 Å². The lowest BCUT2D eigenvalue weighted by Crippen LogP contribution is -2.39. The highest BCUT2D eigenvalue weighted by Gasteiger charge is 2.39. The summed E-state index contributed by atoms with van der Waals surface area (Å²) < 4.78 is 23.0. The Labute approximate surface area is 103 Å². The molecule has 2 aliphatic heterocycles. The highest BCUT2D eigenvalue weighted by molar-refractivity contribution is 7.99. The number of hydrogen-bond donors (Lipinski definition) is 1. The largest absolute Gasteiger partial charge is 0.313 e. The van der Waals surface area contributed by atoms with Crippen molar-refractivity contribution in [3.8, 4) is 0 Å². The molecule has 0 bridgehead atoms. The highest BCUT2D eigenvalue weighted by atomic mass is 32.2. The molecule has 3 unspecified atom stereocenters. The Bertz CT molecular complexity index is 329. The summed E-state index contributed by atoms with van der Waals surface area (Å²) in [5.74, 6) is 4.13. The second-order valence-electron chi connectivity index (χ2n) is 4.93. The maximum absolute atomic E-state index is 11.5. The van der Waals surface area contributed by atoms with Crippen LogP contribution < -0.4 is 5.32 Å². The summed E-state index contributed by atoms with van der Waals surface area (Å²) in [5, 5.41) is 3.57. The van der Waals surface area contributed by atoms with Crippen molar-refractivity contribution in [1.29, 1.82) is 0 Å². The van der Waals surface area contributed by atoms with Gasteiger partial charge in [-0.05, 0) is 37.0 Å². The van der Waals surface area contributed by atoms with E-state index in [1.165, 1.54) is 0 Å². The highest BCUT2D eigenvalue weighted by Crippen LogP contribution is 2.36. The van der Waals surface area contributed by atoms with Crippen LogP contribution in [0.1, 0.15) is 19.8 Å². The van der Waals surface area contributed by atoms with E-state index in [4.69, 9.17) is 0 Å². The number of rotatable bonds is 4. The van der Waals surface area contributed by atoms with Gasteiger partial charge in [0, 0.05) is 11.8 Å². The van der Waals surface area contributed by atoms with E-state index < -0.39 is 9.84 Å². The first-order valence-electron chi connectivity index (χ1n) is 6.14. The Hall–Kier alpha value is 0.260. The van der Waals surface area contributed by atoms with Crippen molar-refractivity contribution in [3.63, 3.8) is 0 Å². The second kappa shape index (κ2) is 5.27. The van der Waals surface area contributed by atoms with Gasteiger partial charge in [0.05, 0.1) is 11.5 Å². The average Bonchev–Trinajstić information content (AvgIpc) is 2.81. The third-order valence-corrected chi connectivity index (χ3v) is 6.66. The van der Waals surface area contributed by atoms with Gasteiger partial charge in [-0.2, -0.15) is 11.8 Å². The number of sulfone groups is 1. The summed E-state index contributed by atoms with van der Waals surface area (Å²) in [6.45, 7) is 3.23. The standard InChI is InChI=1S/C11H21NO2S2/c1-2-4-12-11-7-15-6-10(11)9-3-5-16(13,14)8-9/h9-12H,2-8H2,1H3. The van der Waals surface area contributed by atoms with Crippen molar-refractivity contribution < 1.29 is 8.42 Å². The Morgan fingerprint density at radius 2 is 2.19 bits per heavy atom. The van der Waals surface area contributed by atoms with Crippen LogP contribution >= 0.6 is 11.8 Å². The Kier molecular flexibility index (Phi) is 4.19. The Balaban J connectivity index is 1.93. The van der Waals surface area contributed by atoms with Gasteiger partial charge in [-0.15, -0.1) is 0 Å². The third kappa shape index (κ3) is 2.93. The predicted molar refractivity (Wildman–Crippen MR) is 69.7 cm³/mol. The van der Waals surface area contributed by atoms with Gasteiger partial charge in [-0.1, -0.05) is 6.92 Å². The molecule has 0 aliphatic carbocycles. The maximum Gasteiger partial charge on any atom is 0.150 e. The van der Waals surface area contributed by atoms with Crippen molar-refractivity contribution in [3.05, 3.63) is 0 Å². The summed E-state index contributed by atoms with van der Waals surface area (Å²) in [7, 11) is -2.71. The van der Waals surface area contributed by atoms with Crippen LogP contribution in [0.2, 0.25) is 0 Å². The van der Waals surface area contributed by atoms with E-state index in [9.17, 15) is 8.42 Å². The minimum atomic E-state index is -2.71. The molecule has 3 atom stereocenters. The summed E-state index contributed by atoms with van der Waals surface area (Å²) in [6, 6.07) is 0.545. The lowest BCUT2D eigenvalue weighted by Gasteiger charge is -2.24. The van der Waals surface area contributed by atoms with Crippen molar-refractivity contribution in [2.45, 2.75) is 25.8 Å². The molecule has 2 fully saturated rings. The van der Waals surface area contributed by atoms with Crippen molar-refractivity contribution >= 4 is 21.6 Å². The van der Waals surface area contributed by atoms with E-state index in [0.29, 0.717) is 29.4 Å². The van der Waals surface area contributed by atoms with Crippen LogP contribution in [-0.2, 0) is 9.84 Å². The minimum Gasteiger partial charge on any atom is -0.313 e. The molecular weight excluding hydrogens is 242 g/mol. The molecule has 0 saturated carbocycles. The zero-order valence-corrected chi connectivity index (χ0v) is 11.4. The van der Waals surface area contributed by atoms with Crippen LogP contribution in [0.25, 0.3) is 0 Å². The lowest BCUT2D eigenvalue weighted by atomic mass is 9.88. The number of thioether (sulfide) groups is 1. The molecule has 2 heterocycles. The van der Waals surface area contributed by atoms with Gasteiger partial charge in [0.2, 0.25) is 0 Å². The molecule has 0 aromatic rings. The summed E-state index contributed by atoms with van der Waals surface area (Å²) in [4.78, 5) is 0. The first kappa shape index (κ1) is 12.7. The number of nitrogens with one attached hydrogen (secondary N) is 1. The van der Waals surface area contributed by atoms with Crippen LogP contribution in [0.4, 0.5) is 0 Å². The van der Waals surface area contributed by atoms with Gasteiger partial charge < -0.3 is 5.32 Å². The van der Waals surface area contributed by atoms with Crippen molar-refractivity contribution in [2.24, 2.45) is 11.8 Å². The molecule has 0 aromatic carbocycles. The van der Waals surface area contributed by atoms with E-state index in [-0.39, 0.29) is 0 Å². The molecule has 2 rings (SSSR count). The summed E-state index contributed by atoms with van der Waals surface area (Å²) in [6.07, 6.45) is 2.04. The fourth-order valence-corrected chi connectivity index (χ4v) is 6.16. The van der Waals surface area contributed by atoms with E-state index in [0.717, 1.165) is 30.9 Å². The second-order valence-corrected chi connectivity index (χ2v) is 8.23. The predicted octanol–water partition coefficient (Wildman–Crippen LogP) is 1.15. The molecule has 0 radical (unpaired) electrons. The summed E-state index contributed by atoms with van der Waals surface area (Å²) in [5.41, 5.74) is 0. The van der Waals surface area contributed by atoms with Crippen LogP contribution in [0.3, 0.4) is 0 Å². The van der Waals surface area contributed by atoms with E-state index >= 15 is 0 Å². The van der Waals surface area contributed by atoms with Gasteiger partial charge in [-0.25, -0.2) is 8.42 Å². The first-order chi connectivity index (χ1) is 7.62. The smallest absolute Gasteiger partial charge is 0.150 e. The quantitative estimate of drug-likeness (QED) is 0.826. The molecule has 16 heavy (non-hydrogen) atoms. The van der Waals surface area contributed by atoms with Gasteiger partial charge in [0.15, 0.2) is 9.84 Å². The molecule has 5 heteroatoms. The van der Waals surface area contributed by atoms with Gasteiger partial charge in [0.25, 0.3) is 0 Å². The molecule has 0 spiro atoms. The molecular formula is C11H21NO2S2. The fourth-order valence-electron chi connectivity index (χ4n) is 2.74. The van der Waals surface area contributed by atoms with Gasteiger partial charge in [-0.3, -0.25) is 0 Å². The first-order valence-corrected chi connectivity index (χ1v) is 9.11. The van der Waals surface area contributed by atoms with E-state index in [1.807, 2.05) is 11.8 Å². The van der Waals surface area contributed by atoms with Crippen molar-refractivity contribution in [1.82, 2.24) is 5.32 Å². The minimum absolute atomic E-state index is 0.411. The zero-order valence-electron chi connectivity index (χ0n) is 9.81. The molecule has 0 aromatic heterocycles. The van der Waals surface area contributed by atoms with Crippen molar-refractivity contribution in [2.75, 3.05) is 29.6 Å². The SMILES string of the molecule is CCCNC1CSCC1C1CCS(=O)(=O)C1. The van der Waals surface area contributed by atoms with E-state index in [1.54, 1.807) is 0 Å². The number of hydrogen-bond acceptors (Lipinski definition) is 4. The lowest BCUT2D eigenvalue weighted by molar-refractivity contribution is 0.323. The molecule has 0 amide bonds. The molecule has 2 saturated heterocycles. The average molecular weight is 263 g/mol. The van der Waals surface area contributed by atoms with Crippen LogP contribution in [-0.4, -0.2) is 44.0 Å². The summed E-state index contributed by atoms with van der Waals surface area (Å²) >= 11 is 1.97. The molecule has 1 N–H and O–H groups in total. The topological polar surface area (TPSA) is 46.2 Å². The normalized spacial score (nSPS) is 37.9. The fraction of sp³-hybridized carbons (Fsp3) is 1.00. The monoisotopic (exact) mass is 263 g/mol. The van der Waals surface area contributed by atoms with Gasteiger partial charge in [0.1, 0.15) is 0 Å². The van der Waals surface area contributed by atoms with E-state index in [2.05, 4.69) is 12.2 Å². The molecule has 94 valence electrons. The Morgan fingerprint density at radius 3 is 2.81 bits per heavy atom. The maximum atomic E-state index is 11.5. The molecule has 2 aliphatic rings. The molecule has 3 nitrogen and oxygen atoms in total. The van der Waals surface area contributed by atoms with Crippen LogP contribution in [0.15, 0.2) is 0 Å². The van der Waals surface area contributed by atoms with Gasteiger partial charge >= 0.3 is 0 Å². The zero-order chi connectivity index (χ0) is 11.6.